The van der Waals surface area contributed by atoms with Crippen LogP contribution in [0.15, 0.2) is 84.9 Å². The van der Waals surface area contributed by atoms with Crippen molar-refractivity contribution in [3.8, 4) is 22.9 Å². The summed E-state index contributed by atoms with van der Waals surface area (Å²) in [5.41, 5.74) is 0.446. The molecule has 7 heteroatoms. The molecule has 0 aliphatic heterocycles. The van der Waals surface area contributed by atoms with Gasteiger partial charge in [0.2, 0.25) is 5.88 Å². The van der Waals surface area contributed by atoms with Gasteiger partial charge in [-0.3, -0.25) is 0 Å². The zero-order valence-corrected chi connectivity index (χ0v) is 18.7. The SMILES string of the molecule is FC(F)(F)c1ccccc1Oc1nnc(-c2[c-]cccc2)c2cc3ccccc3cc12.[Ir]. The fourth-order valence-electron chi connectivity index (χ4n) is 3.53. The minimum atomic E-state index is -4.55. The van der Waals surface area contributed by atoms with E-state index in [0.717, 1.165) is 27.8 Å². The minimum absolute atomic E-state index is 0. The van der Waals surface area contributed by atoms with Gasteiger partial charge < -0.3 is 4.74 Å². The van der Waals surface area contributed by atoms with E-state index in [2.05, 4.69) is 16.3 Å². The molecule has 0 fully saturated rings. The number of benzene rings is 4. The largest absolute Gasteiger partial charge is 0.436 e. The van der Waals surface area contributed by atoms with Crippen molar-refractivity contribution >= 4 is 21.5 Å². The average molecular weight is 608 g/mol. The Bertz CT molecular complexity index is 1410. The van der Waals surface area contributed by atoms with E-state index in [-0.39, 0.29) is 31.7 Å². The molecule has 0 atom stereocenters. The van der Waals surface area contributed by atoms with Crippen LogP contribution >= 0.6 is 0 Å². The first-order valence-electron chi connectivity index (χ1n) is 9.51. The van der Waals surface area contributed by atoms with Crippen molar-refractivity contribution in [2.75, 3.05) is 0 Å². The predicted octanol–water partition coefficient (Wildman–Crippen LogP) is 7.06. The Balaban J connectivity index is 0.00000245. The number of aromatic nitrogens is 2. The van der Waals surface area contributed by atoms with Gasteiger partial charge in [-0.05, 0) is 34.4 Å². The van der Waals surface area contributed by atoms with Gasteiger partial charge in [-0.15, -0.1) is 41.0 Å². The van der Waals surface area contributed by atoms with Crippen LogP contribution < -0.4 is 4.74 Å². The van der Waals surface area contributed by atoms with Gasteiger partial charge in [0.1, 0.15) is 5.75 Å². The third-order valence-corrected chi connectivity index (χ3v) is 4.98. The molecule has 0 N–H and O–H groups in total. The van der Waals surface area contributed by atoms with Crippen LogP contribution in [0, 0.1) is 6.07 Å². The Labute approximate surface area is 195 Å². The molecule has 0 aliphatic rings. The number of hydrogen-bond acceptors (Lipinski definition) is 3. The van der Waals surface area contributed by atoms with E-state index in [1.165, 1.54) is 18.2 Å². The minimum Gasteiger partial charge on any atom is -0.436 e. The predicted molar refractivity (Wildman–Crippen MR) is 113 cm³/mol. The average Bonchev–Trinajstić information content (AvgIpc) is 2.78. The standard InChI is InChI=1S/C25H14F3N2O.Ir/c26-25(27,28)21-12-6-7-13-22(21)31-24-20-15-18-11-5-4-10-17(18)14-19(20)23(29-30-24)16-8-2-1-3-9-16;/h1-8,10-15H;/q-1;. The van der Waals surface area contributed by atoms with Gasteiger partial charge in [0.15, 0.2) is 0 Å². The third-order valence-electron chi connectivity index (χ3n) is 4.98. The summed E-state index contributed by atoms with van der Waals surface area (Å²) in [6, 6.07) is 27.1. The summed E-state index contributed by atoms with van der Waals surface area (Å²) in [7, 11) is 0. The van der Waals surface area contributed by atoms with Gasteiger partial charge in [-0.1, -0.05) is 42.5 Å². The number of para-hydroxylation sites is 1. The number of alkyl halides is 3. The Hall–Kier alpha value is -3.28. The summed E-state index contributed by atoms with van der Waals surface area (Å²) >= 11 is 0. The van der Waals surface area contributed by atoms with Crippen LogP contribution in [0.5, 0.6) is 11.6 Å². The van der Waals surface area contributed by atoms with E-state index in [4.69, 9.17) is 4.74 Å². The number of halogens is 3. The van der Waals surface area contributed by atoms with Crippen molar-refractivity contribution in [2.24, 2.45) is 0 Å². The van der Waals surface area contributed by atoms with E-state index in [0.29, 0.717) is 11.1 Å². The van der Waals surface area contributed by atoms with Crippen molar-refractivity contribution in [1.82, 2.24) is 10.2 Å². The van der Waals surface area contributed by atoms with Crippen molar-refractivity contribution in [1.29, 1.82) is 0 Å². The zero-order valence-electron chi connectivity index (χ0n) is 16.4. The monoisotopic (exact) mass is 608 g/mol. The third kappa shape index (κ3) is 4.09. The van der Waals surface area contributed by atoms with Gasteiger partial charge >= 0.3 is 6.18 Å². The molecule has 1 heterocycles. The summed E-state index contributed by atoms with van der Waals surface area (Å²) in [5, 5.41) is 11.6. The van der Waals surface area contributed by atoms with Crippen molar-refractivity contribution in [2.45, 2.75) is 6.18 Å². The first-order valence-corrected chi connectivity index (χ1v) is 9.51. The van der Waals surface area contributed by atoms with Crippen molar-refractivity contribution in [3.63, 3.8) is 0 Å². The molecule has 0 aliphatic carbocycles. The molecule has 5 aromatic rings. The van der Waals surface area contributed by atoms with Gasteiger partial charge in [-0.25, -0.2) is 0 Å². The molecule has 32 heavy (non-hydrogen) atoms. The number of rotatable bonds is 3. The van der Waals surface area contributed by atoms with E-state index in [1.807, 2.05) is 54.6 Å². The van der Waals surface area contributed by atoms with Crippen LogP contribution in [0.25, 0.3) is 32.8 Å². The van der Waals surface area contributed by atoms with E-state index in [1.54, 1.807) is 6.07 Å². The van der Waals surface area contributed by atoms with Gasteiger partial charge in [0.25, 0.3) is 0 Å². The molecule has 3 nitrogen and oxygen atoms in total. The molecule has 0 spiro atoms. The summed E-state index contributed by atoms with van der Waals surface area (Å²) in [6.07, 6.45) is -4.55. The van der Waals surface area contributed by atoms with Crippen LogP contribution in [0.4, 0.5) is 13.2 Å². The Morgan fingerprint density at radius 3 is 2.09 bits per heavy atom. The molecular formula is C25H14F3IrN2O-. The maximum atomic E-state index is 13.4. The molecule has 4 aromatic carbocycles. The summed E-state index contributed by atoms with van der Waals surface area (Å²) in [5.74, 6) is -0.310. The molecule has 1 aromatic heterocycles. The number of nitrogens with zero attached hydrogens (tertiary/aromatic N) is 2. The molecule has 5 rings (SSSR count). The van der Waals surface area contributed by atoms with Crippen LogP contribution in [0.1, 0.15) is 5.56 Å². The molecule has 0 unspecified atom stereocenters. The number of fused-ring (bicyclic) bond motifs is 2. The summed E-state index contributed by atoms with van der Waals surface area (Å²) in [6.45, 7) is 0. The molecule has 0 amide bonds. The molecular weight excluding hydrogens is 593 g/mol. The maximum Gasteiger partial charge on any atom is 0.419 e. The van der Waals surface area contributed by atoms with Gasteiger partial charge in [0, 0.05) is 31.2 Å². The van der Waals surface area contributed by atoms with E-state index in [9.17, 15) is 13.2 Å². The van der Waals surface area contributed by atoms with Gasteiger partial charge in [0.05, 0.1) is 5.56 Å². The van der Waals surface area contributed by atoms with E-state index < -0.39 is 11.7 Å². The first kappa shape index (κ1) is 21.9. The van der Waals surface area contributed by atoms with Crippen LogP contribution in [-0.2, 0) is 26.3 Å². The summed E-state index contributed by atoms with van der Waals surface area (Å²) in [4.78, 5) is 0. The fourth-order valence-corrected chi connectivity index (χ4v) is 3.53. The van der Waals surface area contributed by atoms with Crippen LogP contribution in [0.2, 0.25) is 0 Å². The second-order valence-corrected chi connectivity index (χ2v) is 6.97. The molecule has 0 saturated heterocycles. The quantitative estimate of drug-likeness (QED) is 0.163. The van der Waals surface area contributed by atoms with Crippen molar-refractivity contribution < 1.29 is 38.0 Å². The second-order valence-electron chi connectivity index (χ2n) is 6.97. The number of hydrogen-bond donors (Lipinski definition) is 0. The van der Waals surface area contributed by atoms with Gasteiger partial charge in [-0.2, -0.15) is 18.3 Å². The van der Waals surface area contributed by atoms with Crippen LogP contribution in [-0.4, -0.2) is 10.2 Å². The topological polar surface area (TPSA) is 35.0 Å². The number of ether oxygens (including phenoxy) is 1. The van der Waals surface area contributed by atoms with E-state index >= 15 is 0 Å². The molecule has 0 saturated carbocycles. The maximum absolute atomic E-state index is 13.4. The Morgan fingerprint density at radius 2 is 1.41 bits per heavy atom. The normalized spacial score (nSPS) is 11.3. The van der Waals surface area contributed by atoms with Crippen molar-refractivity contribution in [3.05, 3.63) is 96.6 Å². The molecule has 161 valence electrons. The smallest absolute Gasteiger partial charge is 0.419 e. The van der Waals surface area contributed by atoms with Crippen LogP contribution in [0.3, 0.4) is 0 Å². The molecule has 1 radical (unpaired) electrons. The zero-order chi connectivity index (χ0) is 21.4. The fraction of sp³-hybridized carbons (Fsp3) is 0.0400. The second kappa shape index (κ2) is 8.69. The summed E-state index contributed by atoms with van der Waals surface area (Å²) < 4.78 is 46.0. The Kier molecular flexibility index (Phi) is 5.96. The Morgan fingerprint density at radius 1 is 0.750 bits per heavy atom. The first-order chi connectivity index (χ1) is 15.0. The molecule has 0 bridgehead atoms.